The molecule has 1 rings (SSSR count). The van der Waals surface area contributed by atoms with Crippen LogP contribution in [0, 0.1) is 0 Å². The second kappa shape index (κ2) is 2.05. The monoisotopic (exact) mass is 123 g/mol. The van der Waals surface area contributed by atoms with Gasteiger partial charge in [-0.3, -0.25) is 4.79 Å². The van der Waals surface area contributed by atoms with Crippen molar-refractivity contribution in [3.8, 4) is 0 Å². The van der Waals surface area contributed by atoms with E-state index < -0.39 is 0 Å². The standard InChI is InChI=1S/C7H9NO/c1-6-3-4-8(2)7(9)5-6/h3-4H,1,5H2,2H3. The largest absolute Gasteiger partial charge is 0.322 e. The number of nitrogens with zero attached hydrogens (tertiary/aromatic N) is 1. The third-order valence-electron chi connectivity index (χ3n) is 1.31. The first kappa shape index (κ1) is 6.08. The van der Waals surface area contributed by atoms with Gasteiger partial charge >= 0.3 is 0 Å². The van der Waals surface area contributed by atoms with Crippen LogP contribution in [0.25, 0.3) is 0 Å². The van der Waals surface area contributed by atoms with Gasteiger partial charge in [0, 0.05) is 13.2 Å². The lowest BCUT2D eigenvalue weighted by Crippen LogP contribution is -2.23. The summed E-state index contributed by atoms with van der Waals surface area (Å²) in [5, 5.41) is 0. The molecule has 0 saturated heterocycles. The quantitative estimate of drug-likeness (QED) is 0.469. The van der Waals surface area contributed by atoms with E-state index >= 15 is 0 Å². The number of allylic oxidation sites excluding steroid dienone is 1. The molecule has 0 unspecified atom stereocenters. The molecule has 1 amide bonds. The number of hydrogen-bond acceptors (Lipinski definition) is 1. The third kappa shape index (κ3) is 1.19. The molecule has 0 fully saturated rings. The van der Waals surface area contributed by atoms with Gasteiger partial charge in [-0.25, -0.2) is 0 Å². The Morgan fingerprint density at radius 1 is 1.78 bits per heavy atom. The maximum atomic E-state index is 10.8. The molecule has 0 radical (unpaired) electrons. The highest BCUT2D eigenvalue weighted by Crippen LogP contribution is 2.09. The van der Waals surface area contributed by atoms with E-state index in [2.05, 4.69) is 6.58 Å². The predicted octanol–water partition coefficient (Wildman–Crippen LogP) is 0.918. The molecule has 0 saturated carbocycles. The van der Waals surface area contributed by atoms with Crippen molar-refractivity contribution in [2.75, 3.05) is 7.05 Å². The van der Waals surface area contributed by atoms with Crippen molar-refractivity contribution in [2.24, 2.45) is 0 Å². The van der Waals surface area contributed by atoms with Gasteiger partial charge in [0.1, 0.15) is 0 Å². The van der Waals surface area contributed by atoms with Crippen molar-refractivity contribution in [3.05, 3.63) is 24.4 Å². The molecule has 2 nitrogen and oxygen atoms in total. The summed E-state index contributed by atoms with van der Waals surface area (Å²) in [4.78, 5) is 12.4. The van der Waals surface area contributed by atoms with Crippen molar-refractivity contribution < 1.29 is 4.79 Å². The zero-order valence-electron chi connectivity index (χ0n) is 5.42. The van der Waals surface area contributed by atoms with Gasteiger partial charge in [0.05, 0.1) is 6.42 Å². The van der Waals surface area contributed by atoms with Crippen LogP contribution in [0.1, 0.15) is 6.42 Å². The SMILES string of the molecule is C=C1C=CN(C)C(=O)C1. The van der Waals surface area contributed by atoms with Crippen LogP contribution in [-0.4, -0.2) is 17.9 Å². The number of hydrogen-bond donors (Lipinski definition) is 0. The topological polar surface area (TPSA) is 20.3 Å². The smallest absolute Gasteiger partial charge is 0.230 e. The number of amides is 1. The van der Waals surface area contributed by atoms with Gasteiger partial charge in [0.25, 0.3) is 0 Å². The molecule has 0 N–H and O–H groups in total. The molecule has 0 aliphatic carbocycles. The molecule has 0 aromatic rings. The lowest BCUT2D eigenvalue weighted by molar-refractivity contribution is -0.127. The first-order valence-electron chi connectivity index (χ1n) is 2.82. The van der Waals surface area contributed by atoms with E-state index in [4.69, 9.17) is 0 Å². The van der Waals surface area contributed by atoms with Crippen molar-refractivity contribution in [3.63, 3.8) is 0 Å². The Labute approximate surface area is 54.5 Å². The summed E-state index contributed by atoms with van der Waals surface area (Å²) in [6.07, 6.45) is 4.04. The van der Waals surface area contributed by atoms with Gasteiger partial charge in [-0.05, 0) is 11.6 Å². The fourth-order valence-electron chi connectivity index (χ4n) is 0.678. The molecule has 1 aliphatic rings. The van der Waals surface area contributed by atoms with Gasteiger partial charge in [-0.1, -0.05) is 6.58 Å². The highest BCUT2D eigenvalue weighted by molar-refractivity contribution is 5.81. The van der Waals surface area contributed by atoms with E-state index in [1.165, 1.54) is 0 Å². The number of rotatable bonds is 0. The van der Waals surface area contributed by atoms with Gasteiger partial charge in [-0.15, -0.1) is 0 Å². The Morgan fingerprint density at radius 2 is 2.44 bits per heavy atom. The summed E-state index contributed by atoms with van der Waals surface area (Å²) >= 11 is 0. The van der Waals surface area contributed by atoms with Crippen molar-refractivity contribution in [1.82, 2.24) is 4.90 Å². The van der Waals surface area contributed by atoms with Crippen molar-refractivity contribution >= 4 is 5.91 Å². The summed E-state index contributed by atoms with van der Waals surface area (Å²) in [6.45, 7) is 3.66. The second-order valence-electron chi connectivity index (χ2n) is 2.16. The zero-order chi connectivity index (χ0) is 6.85. The Balaban J connectivity index is 2.76. The van der Waals surface area contributed by atoms with Crippen LogP contribution >= 0.6 is 0 Å². The molecular formula is C7H9NO. The summed E-state index contributed by atoms with van der Waals surface area (Å²) in [5.41, 5.74) is 0.887. The van der Waals surface area contributed by atoms with Gasteiger partial charge < -0.3 is 4.90 Å². The third-order valence-corrected chi connectivity index (χ3v) is 1.31. The van der Waals surface area contributed by atoms with Gasteiger partial charge in [0.2, 0.25) is 5.91 Å². The fraction of sp³-hybridized carbons (Fsp3) is 0.286. The number of carbonyl (C=O) groups excluding carboxylic acids is 1. The first-order valence-corrected chi connectivity index (χ1v) is 2.82. The maximum Gasteiger partial charge on any atom is 0.230 e. The van der Waals surface area contributed by atoms with Gasteiger partial charge in [-0.2, -0.15) is 0 Å². The van der Waals surface area contributed by atoms with Crippen LogP contribution in [0.5, 0.6) is 0 Å². The molecule has 1 heterocycles. The van der Waals surface area contributed by atoms with Crippen LogP contribution in [-0.2, 0) is 4.79 Å². The Bertz CT molecular complexity index is 181. The molecule has 0 aromatic heterocycles. The summed E-state index contributed by atoms with van der Waals surface area (Å²) in [5.74, 6) is 0.113. The lowest BCUT2D eigenvalue weighted by Gasteiger charge is -2.16. The minimum absolute atomic E-state index is 0.113. The van der Waals surface area contributed by atoms with E-state index in [1.54, 1.807) is 18.1 Å². The molecular weight excluding hydrogens is 114 g/mol. The minimum atomic E-state index is 0.113. The predicted molar refractivity (Wildman–Crippen MR) is 35.7 cm³/mol. The lowest BCUT2D eigenvalue weighted by atomic mass is 10.1. The molecule has 2 heteroatoms. The van der Waals surface area contributed by atoms with Crippen LogP contribution in [0.15, 0.2) is 24.4 Å². The summed E-state index contributed by atoms with van der Waals surface area (Å²) in [7, 11) is 1.74. The average Bonchev–Trinajstić information content (AvgIpc) is 1.80. The number of carbonyl (C=O) groups is 1. The molecule has 48 valence electrons. The second-order valence-corrected chi connectivity index (χ2v) is 2.16. The molecule has 1 aliphatic heterocycles. The Kier molecular flexibility index (Phi) is 1.39. The van der Waals surface area contributed by atoms with Crippen molar-refractivity contribution in [2.45, 2.75) is 6.42 Å². The van der Waals surface area contributed by atoms with E-state index in [0.29, 0.717) is 6.42 Å². The molecule has 9 heavy (non-hydrogen) atoms. The van der Waals surface area contributed by atoms with Crippen LogP contribution < -0.4 is 0 Å². The first-order chi connectivity index (χ1) is 4.20. The fourth-order valence-corrected chi connectivity index (χ4v) is 0.678. The van der Waals surface area contributed by atoms with Crippen LogP contribution in [0.4, 0.5) is 0 Å². The van der Waals surface area contributed by atoms with Crippen LogP contribution in [0.2, 0.25) is 0 Å². The van der Waals surface area contributed by atoms with Crippen molar-refractivity contribution in [1.29, 1.82) is 0 Å². The van der Waals surface area contributed by atoms with E-state index in [-0.39, 0.29) is 5.91 Å². The summed E-state index contributed by atoms with van der Waals surface area (Å²) in [6, 6.07) is 0. The molecule has 0 spiro atoms. The molecule has 0 atom stereocenters. The highest BCUT2D eigenvalue weighted by Gasteiger charge is 2.10. The molecule has 0 aromatic carbocycles. The highest BCUT2D eigenvalue weighted by atomic mass is 16.2. The van der Waals surface area contributed by atoms with Crippen LogP contribution in [0.3, 0.4) is 0 Å². The minimum Gasteiger partial charge on any atom is -0.322 e. The maximum absolute atomic E-state index is 10.8. The molecule has 0 bridgehead atoms. The van der Waals surface area contributed by atoms with E-state index in [1.807, 2.05) is 6.08 Å². The van der Waals surface area contributed by atoms with E-state index in [9.17, 15) is 4.79 Å². The average molecular weight is 123 g/mol. The normalized spacial score (nSPS) is 19.0. The van der Waals surface area contributed by atoms with Gasteiger partial charge in [0.15, 0.2) is 0 Å². The zero-order valence-corrected chi connectivity index (χ0v) is 5.42. The Hall–Kier alpha value is -1.05. The van der Waals surface area contributed by atoms with E-state index in [0.717, 1.165) is 5.57 Å². The Morgan fingerprint density at radius 3 is 2.89 bits per heavy atom. The summed E-state index contributed by atoms with van der Waals surface area (Å²) < 4.78 is 0.